The summed E-state index contributed by atoms with van der Waals surface area (Å²) < 4.78 is 12.6. The van der Waals surface area contributed by atoms with Crippen LogP contribution in [0.5, 0.6) is 0 Å². The smallest absolute Gasteiger partial charge is 0.162 e. The molecule has 0 aromatic carbocycles. The average Bonchev–Trinajstić information content (AvgIpc) is 1.98. The Morgan fingerprint density at radius 2 is 2.27 bits per heavy atom. The minimum Gasteiger partial charge on any atom is -0.234 e. The van der Waals surface area contributed by atoms with Gasteiger partial charge in [-0.05, 0) is 19.9 Å². The lowest BCUT2D eigenvalue weighted by atomic mass is 10.4. The van der Waals surface area contributed by atoms with Gasteiger partial charge in [0.2, 0.25) is 0 Å². The van der Waals surface area contributed by atoms with E-state index in [1.54, 1.807) is 13.0 Å². The Labute approximate surface area is 64.8 Å². The highest BCUT2D eigenvalue weighted by molar-refractivity contribution is 5.38. The summed E-state index contributed by atoms with van der Waals surface area (Å²) in [6.45, 7) is 3.48. The van der Waals surface area contributed by atoms with Crippen LogP contribution in [0.1, 0.15) is 18.4 Å². The van der Waals surface area contributed by atoms with Gasteiger partial charge in [0.15, 0.2) is 11.6 Å². The number of hydrogen-bond donors (Lipinski definition) is 0. The van der Waals surface area contributed by atoms with Gasteiger partial charge in [0, 0.05) is 0 Å². The van der Waals surface area contributed by atoms with Gasteiger partial charge in [-0.25, -0.2) is 14.4 Å². The molecule has 0 spiro atoms. The van der Waals surface area contributed by atoms with Gasteiger partial charge < -0.3 is 0 Å². The summed E-state index contributed by atoms with van der Waals surface area (Å²) in [6, 6.07) is 0. The van der Waals surface area contributed by atoms with E-state index in [2.05, 4.69) is 9.97 Å². The highest BCUT2D eigenvalue weighted by atomic mass is 19.1. The lowest BCUT2D eigenvalue weighted by molar-refractivity contribution is 0.600. The molecule has 2 nitrogen and oxygen atoms in total. The molecule has 11 heavy (non-hydrogen) atoms. The third-order valence-electron chi connectivity index (χ3n) is 1.25. The topological polar surface area (TPSA) is 25.8 Å². The molecule has 0 saturated heterocycles. The number of rotatable bonds is 1. The zero-order valence-electron chi connectivity index (χ0n) is 6.50. The Morgan fingerprint density at radius 1 is 1.55 bits per heavy atom. The maximum Gasteiger partial charge on any atom is 0.162 e. The highest BCUT2D eigenvalue weighted by Crippen LogP contribution is 2.01. The van der Waals surface area contributed by atoms with Gasteiger partial charge in [0.25, 0.3) is 0 Å². The van der Waals surface area contributed by atoms with E-state index in [4.69, 9.17) is 0 Å². The largest absolute Gasteiger partial charge is 0.234 e. The van der Waals surface area contributed by atoms with Crippen molar-refractivity contribution in [2.45, 2.75) is 13.8 Å². The fourth-order valence-corrected chi connectivity index (χ4v) is 0.700. The van der Waals surface area contributed by atoms with Crippen molar-refractivity contribution in [3.05, 3.63) is 29.6 Å². The van der Waals surface area contributed by atoms with Gasteiger partial charge in [0.1, 0.15) is 0 Å². The second kappa shape index (κ2) is 3.23. The summed E-state index contributed by atoms with van der Waals surface area (Å²) in [5.74, 6) is 0.185. The van der Waals surface area contributed by atoms with Crippen LogP contribution in [0.15, 0.2) is 12.3 Å². The molecule has 0 fully saturated rings. The van der Waals surface area contributed by atoms with Gasteiger partial charge in [-0.15, -0.1) is 0 Å². The molecule has 58 valence electrons. The predicted molar refractivity (Wildman–Crippen MR) is 41.4 cm³/mol. The van der Waals surface area contributed by atoms with Crippen molar-refractivity contribution in [2.75, 3.05) is 0 Å². The van der Waals surface area contributed by atoms with E-state index in [9.17, 15) is 4.39 Å². The first-order valence-electron chi connectivity index (χ1n) is 3.36. The lowest BCUT2D eigenvalue weighted by Crippen LogP contribution is -1.93. The first kappa shape index (κ1) is 7.85. The molecule has 1 rings (SSSR count). The van der Waals surface area contributed by atoms with Crippen LogP contribution in [0.3, 0.4) is 0 Å². The molecule has 0 bridgehead atoms. The number of nitrogens with zero attached hydrogens (tertiary/aromatic N) is 2. The van der Waals surface area contributed by atoms with Crippen molar-refractivity contribution in [3.63, 3.8) is 0 Å². The maximum atomic E-state index is 12.6. The molecule has 0 aliphatic rings. The van der Waals surface area contributed by atoms with Crippen molar-refractivity contribution < 1.29 is 4.39 Å². The molecule has 0 aliphatic carbocycles. The molecule has 0 radical (unpaired) electrons. The molecule has 1 aromatic heterocycles. The van der Waals surface area contributed by atoms with Crippen LogP contribution < -0.4 is 0 Å². The van der Waals surface area contributed by atoms with Crippen molar-refractivity contribution >= 4 is 6.08 Å². The van der Waals surface area contributed by atoms with E-state index in [0.717, 1.165) is 0 Å². The first-order chi connectivity index (χ1) is 5.24. The maximum absolute atomic E-state index is 12.6. The summed E-state index contributed by atoms with van der Waals surface area (Å²) in [7, 11) is 0. The van der Waals surface area contributed by atoms with Crippen molar-refractivity contribution in [2.24, 2.45) is 0 Å². The van der Waals surface area contributed by atoms with Crippen molar-refractivity contribution in [3.8, 4) is 0 Å². The van der Waals surface area contributed by atoms with Crippen LogP contribution in [0.2, 0.25) is 0 Å². The van der Waals surface area contributed by atoms with Gasteiger partial charge in [0.05, 0.1) is 11.9 Å². The highest BCUT2D eigenvalue weighted by Gasteiger charge is 1.97. The van der Waals surface area contributed by atoms with E-state index < -0.39 is 0 Å². The van der Waals surface area contributed by atoms with Crippen LogP contribution in [0.25, 0.3) is 6.08 Å². The fraction of sp³-hybridized carbons (Fsp3) is 0.250. The molecule has 1 aromatic rings. The molecular weight excluding hydrogens is 143 g/mol. The molecule has 3 heteroatoms. The Morgan fingerprint density at radius 3 is 2.82 bits per heavy atom. The zero-order valence-corrected chi connectivity index (χ0v) is 6.50. The van der Waals surface area contributed by atoms with Gasteiger partial charge >= 0.3 is 0 Å². The Kier molecular flexibility index (Phi) is 2.31. The third-order valence-corrected chi connectivity index (χ3v) is 1.25. The fourth-order valence-electron chi connectivity index (χ4n) is 0.700. The monoisotopic (exact) mass is 152 g/mol. The molecule has 1 heterocycles. The summed E-state index contributed by atoms with van der Waals surface area (Å²) in [5.41, 5.74) is 0.383. The minimum absolute atomic E-state index is 0.363. The number of halogens is 1. The molecule has 0 unspecified atom stereocenters. The second-order valence-electron chi connectivity index (χ2n) is 2.16. The minimum atomic E-state index is -0.363. The van der Waals surface area contributed by atoms with E-state index in [-0.39, 0.29) is 5.82 Å². The number of aryl methyl sites for hydroxylation is 1. The van der Waals surface area contributed by atoms with Crippen LogP contribution in [-0.4, -0.2) is 9.97 Å². The second-order valence-corrected chi connectivity index (χ2v) is 2.16. The molecule has 0 saturated carbocycles. The predicted octanol–water partition coefficient (Wildman–Crippen LogP) is 1.96. The zero-order chi connectivity index (χ0) is 8.27. The normalized spacial score (nSPS) is 10.8. The van der Waals surface area contributed by atoms with E-state index >= 15 is 0 Å². The van der Waals surface area contributed by atoms with Crippen LogP contribution in [-0.2, 0) is 0 Å². The number of hydrogen-bond acceptors (Lipinski definition) is 2. The summed E-state index contributed by atoms with van der Waals surface area (Å²) in [5, 5.41) is 0. The van der Waals surface area contributed by atoms with Crippen molar-refractivity contribution in [1.29, 1.82) is 0 Å². The van der Waals surface area contributed by atoms with Gasteiger partial charge in [-0.3, -0.25) is 0 Å². The summed E-state index contributed by atoms with van der Waals surface area (Å²) in [6.07, 6.45) is 4.72. The van der Waals surface area contributed by atoms with E-state index in [0.29, 0.717) is 11.5 Å². The van der Waals surface area contributed by atoms with Gasteiger partial charge in [-0.2, -0.15) is 0 Å². The van der Waals surface area contributed by atoms with E-state index in [1.807, 2.05) is 13.0 Å². The molecular formula is C8H9FN2. The average molecular weight is 152 g/mol. The Balaban J connectivity index is 3.05. The summed E-state index contributed by atoms with van der Waals surface area (Å²) in [4.78, 5) is 7.65. The number of allylic oxidation sites excluding steroid dienone is 1. The standard InChI is InChI=1S/C8H9FN2/c1-3-4-8-10-5-7(9)6(2)11-8/h3-5H,1-2H3/b4-3+. The SMILES string of the molecule is C/C=C/c1ncc(F)c(C)n1. The molecule has 0 atom stereocenters. The molecule has 0 amide bonds. The van der Waals surface area contributed by atoms with E-state index in [1.165, 1.54) is 6.20 Å². The Hall–Kier alpha value is -1.25. The molecule has 0 aliphatic heterocycles. The third kappa shape index (κ3) is 1.83. The van der Waals surface area contributed by atoms with Crippen molar-refractivity contribution in [1.82, 2.24) is 9.97 Å². The quantitative estimate of drug-likeness (QED) is 0.614. The van der Waals surface area contributed by atoms with Crippen LogP contribution in [0, 0.1) is 12.7 Å². The number of aromatic nitrogens is 2. The first-order valence-corrected chi connectivity index (χ1v) is 3.36. The molecule has 0 N–H and O–H groups in total. The Bertz CT molecular complexity index is 281. The lowest BCUT2D eigenvalue weighted by Gasteiger charge is -1.94. The summed E-state index contributed by atoms with van der Waals surface area (Å²) >= 11 is 0. The van der Waals surface area contributed by atoms with Gasteiger partial charge in [-0.1, -0.05) is 6.08 Å². The van der Waals surface area contributed by atoms with Crippen LogP contribution >= 0.6 is 0 Å². The van der Waals surface area contributed by atoms with Crippen LogP contribution in [0.4, 0.5) is 4.39 Å².